The number of benzene rings is 1. The van der Waals surface area contributed by atoms with Crippen molar-refractivity contribution in [2.45, 2.75) is 13.3 Å². The van der Waals surface area contributed by atoms with E-state index in [0.717, 1.165) is 11.5 Å². The number of carbonyl (C=O) groups is 1. The third-order valence-corrected chi connectivity index (χ3v) is 2.47. The normalized spacial score (nSPS) is 10.9. The summed E-state index contributed by atoms with van der Waals surface area (Å²) in [5.41, 5.74) is 0.617. The highest BCUT2D eigenvalue weighted by Gasteiger charge is 2.05. The Morgan fingerprint density at radius 3 is 2.28 bits per heavy atom. The van der Waals surface area contributed by atoms with Gasteiger partial charge in [-0.1, -0.05) is 6.92 Å². The maximum Gasteiger partial charge on any atom is 0.333 e. The summed E-state index contributed by atoms with van der Waals surface area (Å²) in [6, 6.07) is 7.27. The molecule has 0 fully saturated rings. The van der Waals surface area contributed by atoms with Crippen LogP contribution in [-0.4, -0.2) is 26.8 Å². The fourth-order valence-corrected chi connectivity index (χ4v) is 1.41. The van der Waals surface area contributed by atoms with Gasteiger partial charge in [-0.25, -0.2) is 4.79 Å². The fourth-order valence-electron chi connectivity index (χ4n) is 1.41. The number of ether oxygens (including phenoxy) is 3. The molecule has 0 aliphatic carbocycles. The second kappa shape index (κ2) is 7.37. The lowest BCUT2D eigenvalue weighted by atomic mass is 10.2. The summed E-state index contributed by atoms with van der Waals surface area (Å²) in [6.07, 6.45) is 2.36. The highest BCUT2D eigenvalue weighted by molar-refractivity contribution is 5.88. The first kappa shape index (κ1) is 14.1. The van der Waals surface area contributed by atoms with Gasteiger partial charge in [0.15, 0.2) is 0 Å². The van der Waals surface area contributed by atoms with E-state index in [2.05, 4.69) is 4.74 Å². The standard InChI is InChI=1S/C14H18O4/c1-4-11(14(15)17-3)9-10-18-13-7-5-12(16-2)6-8-13/h5-9H,4,10H2,1-3H3. The minimum absolute atomic E-state index is 0.309. The van der Waals surface area contributed by atoms with Crippen LogP contribution in [0.3, 0.4) is 0 Å². The zero-order valence-corrected chi connectivity index (χ0v) is 10.9. The molecule has 0 N–H and O–H groups in total. The Labute approximate surface area is 107 Å². The van der Waals surface area contributed by atoms with Crippen molar-refractivity contribution < 1.29 is 19.0 Å². The van der Waals surface area contributed by atoms with Crippen molar-refractivity contribution in [3.63, 3.8) is 0 Å². The monoisotopic (exact) mass is 250 g/mol. The predicted octanol–water partition coefficient (Wildman–Crippen LogP) is 2.58. The first-order valence-corrected chi connectivity index (χ1v) is 5.75. The van der Waals surface area contributed by atoms with Crippen molar-refractivity contribution in [2.75, 3.05) is 20.8 Å². The third-order valence-electron chi connectivity index (χ3n) is 2.47. The zero-order chi connectivity index (χ0) is 13.4. The Morgan fingerprint density at radius 2 is 1.78 bits per heavy atom. The molecule has 18 heavy (non-hydrogen) atoms. The van der Waals surface area contributed by atoms with E-state index >= 15 is 0 Å². The average molecular weight is 250 g/mol. The molecule has 0 aliphatic rings. The lowest BCUT2D eigenvalue weighted by Gasteiger charge is -2.06. The topological polar surface area (TPSA) is 44.8 Å². The van der Waals surface area contributed by atoms with Crippen LogP contribution in [-0.2, 0) is 9.53 Å². The molecule has 4 nitrogen and oxygen atoms in total. The second-order valence-electron chi connectivity index (χ2n) is 3.56. The molecule has 0 bridgehead atoms. The summed E-state index contributed by atoms with van der Waals surface area (Å²) in [5.74, 6) is 1.20. The van der Waals surface area contributed by atoms with Crippen LogP contribution in [0.5, 0.6) is 11.5 Å². The van der Waals surface area contributed by atoms with Crippen LogP contribution in [0.2, 0.25) is 0 Å². The van der Waals surface area contributed by atoms with Gasteiger partial charge in [0.25, 0.3) is 0 Å². The maximum atomic E-state index is 11.3. The molecule has 0 aliphatic heterocycles. The lowest BCUT2D eigenvalue weighted by molar-refractivity contribution is -0.136. The smallest absolute Gasteiger partial charge is 0.333 e. The molecule has 0 radical (unpaired) electrons. The molecule has 98 valence electrons. The van der Waals surface area contributed by atoms with E-state index in [1.807, 2.05) is 31.2 Å². The Morgan fingerprint density at radius 1 is 1.17 bits per heavy atom. The van der Waals surface area contributed by atoms with E-state index in [0.29, 0.717) is 18.6 Å². The third kappa shape index (κ3) is 4.13. The molecule has 0 aromatic heterocycles. The number of methoxy groups -OCH3 is 2. The van der Waals surface area contributed by atoms with Crippen LogP contribution in [0.4, 0.5) is 0 Å². The van der Waals surface area contributed by atoms with E-state index in [1.165, 1.54) is 7.11 Å². The van der Waals surface area contributed by atoms with Crippen molar-refractivity contribution in [2.24, 2.45) is 0 Å². The molecule has 0 amide bonds. The van der Waals surface area contributed by atoms with Gasteiger partial charge in [0.2, 0.25) is 0 Å². The molecular formula is C14H18O4. The quantitative estimate of drug-likeness (QED) is 0.575. The van der Waals surface area contributed by atoms with E-state index in [1.54, 1.807) is 13.2 Å². The number of esters is 1. The summed E-state index contributed by atoms with van der Waals surface area (Å²) in [7, 11) is 2.98. The van der Waals surface area contributed by atoms with E-state index in [4.69, 9.17) is 9.47 Å². The van der Waals surface area contributed by atoms with Crippen LogP contribution in [0.1, 0.15) is 13.3 Å². The molecule has 1 rings (SSSR count). The Kier molecular flexibility index (Phi) is 5.77. The van der Waals surface area contributed by atoms with Crippen LogP contribution in [0.15, 0.2) is 35.9 Å². The molecule has 0 saturated carbocycles. The van der Waals surface area contributed by atoms with Gasteiger partial charge < -0.3 is 14.2 Å². The molecule has 4 heteroatoms. The van der Waals surface area contributed by atoms with Crippen LogP contribution in [0.25, 0.3) is 0 Å². The Bertz CT molecular complexity index is 406. The van der Waals surface area contributed by atoms with Gasteiger partial charge in [0, 0.05) is 5.57 Å². The molecule has 0 heterocycles. The minimum Gasteiger partial charge on any atom is -0.497 e. The first-order chi connectivity index (χ1) is 8.71. The van der Waals surface area contributed by atoms with E-state index in [9.17, 15) is 4.79 Å². The van der Waals surface area contributed by atoms with Crippen molar-refractivity contribution >= 4 is 5.97 Å². The predicted molar refractivity (Wildman–Crippen MR) is 68.9 cm³/mol. The molecule has 0 atom stereocenters. The highest BCUT2D eigenvalue weighted by atomic mass is 16.5. The molecule has 0 unspecified atom stereocenters. The molecule has 0 saturated heterocycles. The molecule has 1 aromatic carbocycles. The molecule has 1 aromatic rings. The fraction of sp³-hybridized carbons (Fsp3) is 0.357. The molecular weight excluding hydrogens is 232 g/mol. The highest BCUT2D eigenvalue weighted by Crippen LogP contribution is 2.17. The molecule has 0 spiro atoms. The van der Waals surface area contributed by atoms with E-state index in [-0.39, 0.29) is 5.97 Å². The van der Waals surface area contributed by atoms with Crippen LogP contribution in [0, 0.1) is 0 Å². The van der Waals surface area contributed by atoms with Crippen molar-refractivity contribution in [3.05, 3.63) is 35.9 Å². The van der Waals surface area contributed by atoms with Gasteiger partial charge in [-0.05, 0) is 36.8 Å². The van der Waals surface area contributed by atoms with Gasteiger partial charge in [0.1, 0.15) is 18.1 Å². The van der Waals surface area contributed by atoms with Gasteiger partial charge in [-0.3, -0.25) is 0 Å². The largest absolute Gasteiger partial charge is 0.497 e. The van der Waals surface area contributed by atoms with Crippen LogP contribution >= 0.6 is 0 Å². The second-order valence-corrected chi connectivity index (χ2v) is 3.56. The Balaban J connectivity index is 2.53. The number of hydrogen-bond acceptors (Lipinski definition) is 4. The van der Waals surface area contributed by atoms with Gasteiger partial charge in [0.05, 0.1) is 14.2 Å². The SMILES string of the molecule is CCC(=CCOc1ccc(OC)cc1)C(=O)OC. The van der Waals surface area contributed by atoms with Gasteiger partial charge in [-0.15, -0.1) is 0 Å². The lowest BCUT2D eigenvalue weighted by Crippen LogP contribution is -2.06. The first-order valence-electron chi connectivity index (χ1n) is 5.75. The maximum absolute atomic E-state index is 11.3. The summed E-state index contributed by atoms with van der Waals surface area (Å²) < 4.78 is 15.2. The zero-order valence-electron chi connectivity index (χ0n) is 10.9. The average Bonchev–Trinajstić information content (AvgIpc) is 2.43. The summed E-state index contributed by atoms with van der Waals surface area (Å²) in [5, 5.41) is 0. The summed E-state index contributed by atoms with van der Waals surface area (Å²) in [4.78, 5) is 11.3. The summed E-state index contributed by atoms with van der Waals surface area (Å²) in [6.45, 7) is 2.24. The van der Waals surface area contributed by atoms with Crippen molar-refractivity contribution in [1.82, 2.24) is 0 Å². The summed E-state index contributed by atoms with van der Waals surface area (Å²) >= 11 is 0. The van der Waals surface area contributed by atoms with Crippen molar-refractivity contribution in [1.29, 1.82) is 0 Å². The number of rotatable bonds is 6. The van der Waals surface area contributed by atoms with E-state index < -0.39 is 0 Å². The van der Waals surface area contributed by atoms with Crippen molar-refractivity contribution in [3.8, 4) is 11.5 Å². The minimum atomic E-state index is -0.309. The van der Waals surface area contributed by atoms with Crippen LogP contribution < -0.4 is 9.47 Å². The Hall–Kier alpha value is -1.97. The number of carbonyl (C=O) groups excluding carboxylic acids is 1. The number of hydrogen-bond donors (Lipinski definition) is 0. The van der Waals surface area contributed by atoms with Gasteiger partial charge >= 0.3 is 5.97 Å². The van der Waals surface area contributed by atoms with Gasteiger partial charge in [-0.2, -0.15) is 0 Å².